The maximum absolute atomic E-state index is 12.2. The molecule has 1 aliphatic heterocycles. The highest BCUT2D eigenvalue weighted by Gasteiger charge is 2.28. The highest BCUT2D eigenvalue weighted by molar-refractivity contribution is 9.11. The molecule has 0 spiro atoms. The lowest BCUT2D eigenvalue weighted by atomic mass is 9.99. The van der Waals surface area contributed by atoms with Crippen molar-refractivity contribution < 1.29 is 4.79 Å². The molecule has 3 nitrogen and oxygen atoms in total. The van der Waals surface area contributed by atoms with Crippen molar-refractivity contribution in [2.75, 3.05) is 6.54 Å². The van der Waals surface area contributed by atoms with Crippen molar-refractivity contribution in [1.29, 1.82) is 0 Å². The van der Waals surface area contributed by atoms with E-state index in [4.69, 9.17) is 5.73 Å². The van der Waals surface area contributed by atoms with Gasteiger partial charge < -0.3 is 10.6 Å². The summed E-state index contributed by atoms with van der Waals surface area (Å²) >= 11 is 4.86. The molecule has 5 heteroatoms. The van der Waals surface area contributed by atoms with Crippen LogP contribution in [0.15, 0.2) is 15.9 Å². The molecule has 2 N–H and O–H groups in total. The summed E-state index contributed by atoms with van der Waals surface area (Å²) in [6.45, 7) is 2.84. The first-order chi connectivity index (χ1) is 7.58. The Bertz CT molecular complexity index is 393. The third-order valence-electron chi connectivity index (χ3n) is 2.96. The van der Waals surface area contributed by atoms with Gasteiger partial charge in [0.25, 0.3) is 5.91 Å². The monoisotopic (exact) mass is 302 g/mol. The first-order valence-corrected chi connectivity index (χ1v) is 7.00. The van der Waals surface area contributed by atoms with Gasteiger partial charge in [0.15, 0.2) is 0 Å². The van der Waals surface area contributed by atoms with Crippen LogP contribution in [-0.2, 0) is 0 Å². The van der Waals surface area contributed by atoms with Crippen molar-refractivity contribution in [3.05, 3.63) is 20.8 Å². The van der Waals surface area contributed by atoms with Crippen LogP contribution in [0.25, 0.3) is 0 Å². The smallest absolute Gasteiger partial charge is 0.264 e. The number of amides is 1. The van der Waals surface area contributed by atoms with Crippen molar-refractivity contribution in [3.63, 3.8) is 0 Å². The fourth-order valence-corrected chi connectivity index (χ4v) is 3.42. The molecule has 1 aromatic rings. The maximum atomic E-state index is 12.2. The van der Waals surface area contributed by atoms with Crippen molar-refractivity contribution in [3.8, 4) is 0 Å². The SMILES string of the molecule is CC1CC(N)CCN1C(=O)c1ccc(Br)s1. The van der Waals surface area contributed by atoms with E-state index in [2.05, 4.69) is 22.9 Å². The van der Waals surface area contributed by atoms with Gasteiger partial charge >= 0.3 is 0 Å². The van der Waals surface area contributed by atoms with Crippen LogP contribution in [0.5, 0.6) is 0 Å². The molecule has 0 aromatic carbocycles. The largest absolute Gasteiger partial charge is 0.335 e. The number of hydrogen-bond acceptors (Lipinski definition) is 3. The predicted molar refractivity (Wildman–Crippen MR) is 69.7 cm³/mol. The molecule has 1 amide bonds. The lowest BCUT2D eigenvalue weighted by Crippen LogP contribution is -2.48. The Morgan fingerprint density at radius 2 is 2.38 bits per heavy atom. The van der Waals surface area contributed by atoms with Crippen LogP contribution in [0.4, 0.5) is 0 Å². The van der Waals surface area contributed by atoms with Gasteiger partial charge in [-0.05, 0) is 47.8 Å². The zero-order valence-electron chi connectivity index (χ0n) is 9.15. The number of hydrogen-bond donors (Lipinski definition) is 1. The van der Waals surface area contributed by atoms with Crippen LogP contribution in [0.1, 0.15) is 29.4 Å². The fourth-order valence-electron chi connectivity index (χ4n) is 2.08. The minimum atomic E-state index is 0.134. The van der Waals surface area contributed by atoms with E-state index in [0.717, 1.165) is 28.0 Å². The van der Waals surface area contributed by atoms with Gasteiger partial charge in [-0.15, -0.1) is 11.3 Å². The summed E-state index contributed by atoms with van der Waals surface area (Å²) in [6, 6.07) is 4.28. The average Bonchev–Trinajstić information content (AvgIpc) is 2.64. The zero-order valence-corrected chi connectivity index (χ0v) is 11.6. The number of nitrogens with zero attached hydrogens (tertiary/aromatic N) is 1. The standard InChI is InChI=1S/C11H15BrN2OS/c1-7-6-8(13)4-5-14(7)11(15)9-2-3-10(12)16-9/h2-3,7-8H,4-6,13H2,1H3. The van der Waals surface area contributed by atoms with Gasteiger partial charge in [-0.2, -0.15) is 0 Å². The van der Waals surface area contributed by atoms with Crippen molar-refractivity contribution in [2.24, 2.45) is 5.73 Å². The first-order valence-electron chi connectivity index (χ1n) is 5.40. The Morgan fingerprint density at radius 3 is 2.94 bits per heavy atom. The van der Waals surface area contributed by atoms with E-state index in [1.54, 1.807) is 0 Å². The van der Waals surface area contributed by atoms with E-state index in [9.17, 15) is 4.79 Å². The molecule has 2 heterocycles. The van der Waals surface area contributed by atoms with Crippen molar-refractivity contribution in [2.45, 2.75) is 31.8 Å². The van der Waals surface area contributed by atoms with E-state index >= 15 is 0 Å². The summed E-state index contributed by atoms with van der Waals surface area (Å²) < 4.78 is 0.997. The van der Waals surface area contributed by atoms with Crippen LogP contribution >= 0.6 is 27.3 Å². The van der Waals surface area contributed by atoms with Gasteiger partial charge in [0.1, 0.15) is 0 Å². The number of halogens is 1. The van der Waals surface area contributed by atoms with E-state index in [0.29, 0.717) is 0 Å². The molecule has 1 fully saturated rings. The van der Waals surface area contributed by atoms with E-state index in [-0.39, 0.29) is 18.0 Å². The average molecular weight is 303 g/mol. The molecule has 1 aliphatic rings. The third-order valence-corrected chi connectivity index (χ3v) is 4.57. The quantitative estimate of drug-likeness (QED) is 0.866. The van der Waals surface area contributed by atoms with E-state index in [1.807, 2.05) is 17.0 Å². The van der Waals surface area contributed by atoms with Gasteiger partial charge in [0.2, 0.25) is 0 Å². The number of carbonyl (C=O) groups excluding carboxylic acids is 1. The Hall–Kier alpha value is -0.390. The molecule has 2 rings (SSSR count). The summed E-state index contributed by atoms with van der Waals surface area (Å²) in [4.78, 5) is 14.9. The van der Waals surface area contributed by atoms with Crippen LogP contribution in [0, 0.1) is 0 Å². The molecule has 2 atom stereocenters. The van der Waals surface area contributed by atoms with Crippen LogP contribution in [0.3, 0.4) is 0 Å². The summed E-state index contributed by atoms with van der Waals surface area (Å²) in [7, 11) is 0. The second-order valence-electron chi connectivity index (χ2n) is 4.24. The molecule has 0 aliphatic carbocycles. The lowest BCUT2D eigenvalue weighted by Gasteiger charge is -2.36. The summed E-state index contributed by atoms with van der Waals surface area (Å²) in [5.41, 5.74) is 5.89. The highest BCUT2D eigenvalue weighted by Crippen LogP contribution is 2.26. The second-order valence-corrected chi connectivity index (χ2v) is 6.70. The molecule has 88 valence electrons. The topological polar surface area (TPSA) is 46.3 Å². The van der Waals surface area contributed by atoms with Gasteiger partial charge in [-0.25, -0.2) is 0 Å². The molecule has 1 aromatic heterocycles. The van der Waals surface area contributed by atoms with Crippen LogP contribution in [-0.4, -0.2) is 29.4 Å². The minimum absolute atomic E-state index is 0.134. The summed E-state index contributed by atoms with van der Waals surface area (Å²) in [6.07, 6.45) is 1.81. The summed E-state index contributed by atoms with van der Waals surface area (Å²) in [5.74, 6) is 0.134. The third kappa shape index (κ3) is 2.47. The van der Waals surface area contributed by atoms with Gasteiger partial charge in [-0.1, -0.05) is 0 Å². The van der Waals surface area contributed by atoms with Crippen molar-refractivity contribution >= 4 is 33.2 Å². The lowest BCUT2D eigenvalue weighted by molar-refractivity contribution is 0.0624. The van der Waals surface area contributed by atoms with E-state index in [1.165, 1.54) is 11.3 Å². The van der Waals surface area contributed by atoms with Crippen LogP contribution < -0.4 is 5.73 Å². The molecule has 16 heavy (non-hydrogen) atoms. The predicted octanol–water partition coefficient (Wildman–Crippen LogP) is 2.46. The number of nitrogens with two attached hydrogens (primary N) is 1. The molecule has 1 saturated heterocycles. The second kappa shape index (κ2) is 4.85. The molecule has 0 bridgehead atoms. The molecule has 2 unspecified atom stereocenters. The Labute approximate surface area is 108 Å². The maximum Gasteiger partial charge on any atom is 0.264 e. The fraction of sp³-hybridized carbons (Fsp3) is 0.545. The normalized spacial score (nSPS) is 25.8. The Balaban J connectivity index is 2.10. The molecular weight excluding hydrogens is 288 g/mol. The number of likely N-dealkylation sites (tertiary alicyclic amines) is 1. The minimum Gasteiger partial charge on any atom is -0.335 e. The molecule has 0 saturated carbocycles. The molecule has 0 radical (unpaired) electrons. The number of carbonyl (C=O) groups is 1. The Kier molecular flexibility index (Phi) is 3.66. The van der Waals surface area contributed by atoms with E-state index < -0.39 is 0 Å². The first kappa shape index (κ1) is 12.1. The zero-order chi connectivity index (χ0) is 11.7. The number of rotatable bonds is 1. The highest BCUT2D eigenvalue weighted by atomic mass is 79.9. The van der Waals surface area contributed by atoms with Gasteiger partial charge in [-0.3, -0.25) is 4.79 Å². The van der Waals surface area contributed by atoms with Crippen LogP contribution in [0.2, 0.25) is 0 Å². The Morgan fingerprint density at radius 1 is 1.62 bits per heavy atom. The number of thiophene rings is 1. The number of piperidine rings is 1. The van der Waals surface area contributed by atoms with Gasteiger partial charge in [0.05, 0.1) is 8.66 Å². The summed E-state index contributed by atoms with van der Waals surface area (Å²) in [5, 5.41) is 0. The van der Waals surface area contributed by atoms with Gasteiger partial charge in [0, 0.05) is 18.6 Å². The van der Waals surface area contributed by atoms with Crippen molar-refractivity contribution in [1.82, 2.24) is 4.90 Å². The molecular formula is C11H15BrN2OS.